The smallest absolute Gasteiger partial charge is 0.345 e. The fourth-order valence-corrected chi connectivity index (χ4v) is 4.13. The van der Waals surface area contributed by atoms with E-state index in [9.17, 15) is 9.59 Å². The molecule has 19 heavy (non-hydrogen) atoms. The van der Waals surface area contributed by atoms with E-state index in [1.54, 1.807) is 12.1 Å². The van der Waals surface area contributed by atoms with Crippen molar-refractivity contribution in [2.75, 3.05) is 6.61 Å². The molecule has 1 N–H and O–H groups in total. The summed E-state index contributed by atoms with van der Waals surface area (Å²) >= 11 is 1.24. The maximum atomic E-state index is 12.1. The summed E-state index contributed by atoms with van der Waals surface area (Å²) < 4.78 is 5.21. The van der Waals surface area contributed by atoms with Crippen LogP contribution >= 0.6 is 11.3 Å². The Balaban J connectivity index is 1.89. The number of thiophene rings is 1. The van der Waals surface area contributed by atoms with Crippen LogP contribution in [0.25, 0.3) is 0 Å². The quantitative estimate of drug-likeness (QED) is 0.681. The fourth-order valence-electron chi connectivity index (χ4n) is 3.16. The maximum Gasteiger partial charge on any atom is 0.345 e. The van der Waals surface area contributed by atoms with Gasteiger partial charge in [0, 0.05) is 10.8 Å². The van der Waals surface area contributed by atoms with Gasteiger partial charge in [-0.1, -0.05) is 12.2 Å². The Morgan fingerprint density at radius 2 is 2.37 bits per heavy atom. The van der Waals surface area contributed by atoms with Gasteiger partial charge in [-0.2, -0.15) is 0 Å². The van der Waals surface area contributed by atoms with Gasteiger partial charge >= 0.3 is 11.9 Å². The van der Waals surface area contributed by atoms with Crippen LogP contribution in [0.2, 0.25) is 0 Å². The molecule has 0 amide bonds. The van der Waals surface area contributed by atoms with Crippen molar-refractivity contribution in [1.29, 1.82) is 0 Å². The van der Waals surface area contributed by atoms with Gasteiger partial charge in [0.05, 0.1) is 12.0 Å². The number of carbonyl (C=O) groups excluding carboxylic acids is 1. The predicted octanol–water partition coefficient (Wildman–Crippen LogP) is 2.50. The van der Waals surface area contributed by atoms with Crippen molar-refractivity contribution >= 4 is 23.3 Å². The van der Waals surface area contributed by atoms with Crippen molar-refractivity contribution in [2.45, 2.75) is 19.3 Å². The van der Waals surface area contributed by atoms with Crippen LogP contribution in [0.5, 0.6) is 0 Å². The van der Waals surface area contributed by atoms with E-state index in [1.807, 2.05) is 0 Å². The normalized spacial score (nSPS) is 29.4. The summed E-state index contributed by atoms with van der Waals surface area (Å²) in [5.41, 5.74) is 0.592. The largest absolute Gasteiger partial charge is 0.477 e. The van der Waals surface area contributed by atoms with Crippen LogP contribution in [0.15, 0.2) is 24.3 Å². The zero-order valence-electron chi connectivity index (χ0n) is 10.3. The van der Waals surface area contributed by atoms with Crippen LogP contribution in [0.3, 0.4) is 0 Å². The molecule has 1 aromatic heterocycles. The van der Waals surface area contributed by atoms with Crippen molar-refractivity contribution in [3.05, 3.63) is 34.0 Å². The molecule has 0 radical (unpaired) electrons. The molecule has 1 saturated heterocycles. The third kappa shape index (κ3) is 1.89. The minimum atomic E-state index is -0.921. The van der Waals surface area contributed by atoms with Crippen molar-refractivity contribution in [3.8, 4) is 0 Å². The summed E-state index contributed by atoms with van der Waals surface area (Å²) in [6.45, 7) is 4.46. The number of allylic oxidation sites excluding steroid dienone is 1. The second-order valence-corrected chi connectivity index (χ2v) is 6.50. The lowest BCUT2D eigenvalue weighted by Crippen LogP contribution is -2.31. The average molecular weight is 278 g/mol. The van der Waals surface area contributed by atoms with E-state index in [0.29, 0.717) is 24.3 Å². The van der Waals surface area contributed by atoms with Gasteiger partial charge in [-0.3, -0.25) is 4.79 Å². The van der Waals surface area contributed by atoms with Crippen molar-refractivity contribution in [1.82, 2.24) is 0 Å². The van der Waals surface area contributed by atoms with E-state index in [4.69, 9.17) is 9.84 Å². The number of rotatable bonds is 3. The van der Waals surface area contributed by atoms with Crippen LogP contribution in [0.1, 0.15) is 27.4 Å². The second-order valence-electron chi connectivity index (χ2n) is 5.33. The molecular formula is C14H14O4S. The highest BCUT2D eigenvalue weighted by molar-refractivity contribution is 7.13. The third-order valence-corrected chi connectivity index (χ3v) is 5.14. The number of aromatic carboxylic acids is 1. The first-order chi connectivity index (χ1) is 9.01. The number of carbonyl (C=O) groups is 2. The molecule has 2 fully saturated rings. The lowest BCUT2D eigenvalue weighted by Gasteiger charge is -2.22. The van der Waals surface area contributed by atoms with E-state index < -0.39 is 11.4 Å². The van der Waals surface area contributed by atoms with Crippen LogP contribution in [0, 0.1) is 11.3 Å². The molecular weight excluding hydrogens is 264 g/mol. The van der Waals surface area contributed by atoms with Gasteiger partial charge < -0.3 is 9.84 Å². The molecule has 2 unspecified atom stereocenters. The van der Waals surface area contributed by atoms with Gasteiger partial charge in [-0.15, -0.1) is 11.3 Å². The number of hydrogen-bond donors (Lipinski definition) is 1. The lowest BCUT2D eigenvalue weighted by atomic mass is 9.77. The number of fused-ring (bicyclic) bond motifs is 1. The molecule has 0 spiro atoms. The minimum Gasteiger partial charge on any atom is -0.477 e. The number of ether oxygens (including phenoxy) is 1. The Morgan fingerprint density at radius 1 is 1.58 bits per heavy atom. The van der Waals surface area contributed by atoms with Crippen LogP contribution in [-0.2, 0) is 16.0 Å². The lowest BCUT2D eigenvalue weighted by molar-refractivity contribution is -0.146. The molecule has 1 aliphatic heterocycles. The SMILES string of the molecule is C=C1CC2COC(=O)C2(Cc2ccc(C(=O)O)s2)C1. The summed E-state index contributed by atoms with van der Waals surface area (Å²) in [5, 5.41) is 8.94. The number of esters is 1. The first-order valence-corrected chi connectivity index (χ1v) is 6.99. The molecule has 1 aromatic rings. The predicted molar refractivity (Wildman–Crippen MR) is 70.2 cm³/mol. The van der Waals surface area contributed by atoms with Crippen LogP contribution < -0.4 is 0 Å². The zero-order chi connectivity index (χ0) is 13.6. The number of hydrogen-bond acceptors (Lipinski definition) is 4. The maximum absolute atomic E-state index is 12.1. The summed E-state index contributed by atoms with van der Waals surface area (Å²) in [6.07, 6.45) is 2.06. The van der Waals surface area contributed by atoms with E-state index in [1.165, 1.54) is 11.3 Å². The van der Waals surface area contributed by atoms with Crippen molar-refractivity contribution in [3.63, 3.8) is 0 Å². The monoisotopic (exact) mass is 278 g/mol. The molecule has 2 heterocycles. The molecule has 1 saturated carbocycles. The summed E-state index contributed by atoms with van der Waals surface area (Å²) in [4.78, 5) is 24.2. The Bertz CT molecular complexity index is 574. The number of carboxylic acid groups (broad SMARTS) is 1. The number of cyclic esters (lactones) is 1. The van der Waals surface area contributed by atoms with Gasteiger partial charge in [0.25, 0.3) is 0 Å². The van der Waals surface area contributed by atoms with Crippen molar-refractivity contribution in [2.24, 2.45) is 11.3 Å². The van der Waals surface area contributed by atoms with Gasteiger partial charge in [0.15, 0.2) is 0 Å². The average Bonchev–Trinajstić information content (AvgIpc) is 2.98. The first kappa shape index (κ1) is 12.4. The van der Waals surface area contributed by atoms with Gasteiger partial charge in [0.1, 0.15) is 4.88 Å². The second kappa shape index (κ2) is 4.20. The summed E-state index contributed by atoms with van der Waals surface area (Å²) in [7, 11) is 0. The molecule has 100 valence electrons. The molecule has 0 bridgehead atoms. The highest BCUT2D eigenvalue weighted by Crippen LogP contribution is 2.52. The molecule has 1 aliphatic carbocycles. The van der Waals surface area contributed by atoms with E-state index in [0.717, 1.165) is 16.9 Å². The highest BCUT2D eigenvalue weighted by Gasteiger charge is 2.56. The molecule has 3 rings (SSSR count). The Morgan fingerprint density at radius 3 is 3.05 bits per heavy atom. The minimum absolute atomic E-state index is 0.151. The van der Waals surface area contributed by atoms with Crippen LogP contribution in [0.4, 0.5) is 0 Å². The van der Waals surface area contributed by atoms with Crippen molar-refractivity contribution < 1.29 is 19.4 Å². The third-order valence-electron chi connectivity index (χ3n) is 4.07. The molecule has 2 aliphatic rings. The van der Waals surface area contributed by atoms with Gasteiger partial charge in [0.2, 0.25) is 0 Å². The zero-order valence-corrected chi connectivity index (χ0v) is 11.2. The standard InChI is InChI=1S/C14H14O4S/c1-8-4-9-7-18-13(17)14(9,5-8)6-10-2-3-11(19-10)12(15)16/h2-3,9H,1,4-7H2,(H,15,16). The molecule has 4 nitrogen and oxygen atoms in total. The van der Waals surface area contributed by atoms with Gasteiger partial charge in [-0.05, 0) is 31.4 Å². The summed E-state index contributed by atoms with van der Waals surface area (Å²) in [5.74, 6) is -0.876. The Kier molecular flexibility index (Phi) is 2.74. The first-order valence-electron chi connectivity index (χ1n) is 6.17. The van der Waals surface area contributed by atoms with Crippen LogP contribution in [-0.4, -0.2) is 23.7 Å². The van der Waals surface area contributed by atoms with E-state index in [2.05, 4.69) is 6.58 Å². The molecule has 5 heteroatoms. The highest BCUT2D eigenvalue weighted by atomic mass is 32.1. The van der Waals surface area contributed by atoms with Gasteiger partial charge in [-0.25, -0.2) is 4.79 Å². The van der Waals surface area contributed by atoms with E-state index in [-0.39, 0.29) is 11.9 Å². The molecule has 0 aromatic carbocycles. The Hall–Kier alpha value is -1.62. The summed E-state index contributed by atoms with van der Waals surface area (Å²) in [6, 6.07) is 3.39. The number of carboxylic acids is 1. The fraction of sp³-hybridized carbons (Fsp3) is 0.429. The molecule has 2 atom stereocenters. The van der Waals surface area contributed by atoms with E-state index >= 15 is 0 Å². The Labute approximate surface area is 114 Å². The topological polar surface area (TPSA) is 63.6 Å².